The third-order valence-electron chi connectivity index (χ3n) is 9.45. The minimum atomic E-state index is 0.811. The number of benzene rings is 7. The summed E-state index contributed by atoms with van der Waals surface area (Å²) in [6, 6.07) is 49.9. The van der Waals surface area contributed by atoms with E-state index in [4.69, 9.17) is 8.83 Å². The van der Waals surface area contributed by atoms with Crippen LogP contribution in [0.1, 0.15) is 0 Å². The normalized spacial score (nSPS) is 12.3. The molecule has 0 atom stereocenters. The summed E-state index contributed by atoms with van der Waals surface area (Å²) in [5, 5.41) is 9.36. The van der Waals surface area contributed by atoms with Gasteiger partial charge in [-0.15, -0.1) is 22.7 Å². The minimum absolute atomic E-state index is 0.811. The topological polar surface area (TPSA) is 29.5 Å². The highest BCUT2D eigenvalue weighted by Crippen LogP contribution is 2.49. The average molecular weight is 638 g/mol. The number of hydrogen-bond donors (Lipinski definition) is 0. The van der Waals surface area contributed by atoms with Gasteiger partial charge in [-0.3, -0.25) is 0 Å². The van der Waals surface area contributed by atoms with Crippen molar-refractivity contribution in [1.82, 2.24) is 0 Å². The van der Waals surface area contributed by atoms with E-state index in [1.807, 2.05) is 46.9 Å². The summed E-state index contributed by atoms with van der Waals surface area (Å²) in [5.74, 6) is 0. The van der Waals surface area contributed by atoms with Gasteiger partial charge < -0.3 is 13.7 Å². The molecule has 0 fully saturated rings. The molecule has 0 unspecified atom stereocenters. The first-order valence-corrected chi connectivity index (χ1v) is 17.3. The molecule has 5 heteroatoms. The van der Waals surface area contributed by atoms with E-state index in [9.17, 15) is 0 Å². The van der Waals surface area contributed by atoms with Crippen LogP contribution in [-0.4, -0.2) is 0 Å². The number of nitrogens with zero attached hydrogens (tertiary/aromatic N) is 1. The number of anilines is 3. The number of thiophene rings is 2. The summed E-state index contributed by atoms with van der Waals surface area (Å²) in [6.45, 7) is 0. The second-order valence-corrected chi connectivity index (χ2v) is 14.2. The molecule has 11 rings (SSSR count). The van der Waals surface area contributed by atoms with Crippen LogP contribution >= 0.6 is 22.7 Å². The third kappa shape index (κ3) is 3.61. The Kier molecular flexibility index (Phi) is 5.14. The quantitative estimate of drug-likeness (QED) is 0.193. The molecule has 0 aliphatic rings. The molecule has 7 aromatic carbocycles. The van der Waals surface area contributed by atoms with Crippen molar-refractivity contribution in [2.24, 2.45) is 0 Å². The second kappa shape index (κ2) is 9.46. The van der Waals surface area contributed by atoms with E-state index >= 15 is 0 Å². The molecule has 0 saturated carbocycles. The SMILES string of the molecule is c1ccc2c(c1)oc1c2cc(N(c2ccc3c(c2)sc2ccccc23)c2ccc3c(c2)sc2ccccc23)c2oc3ccccc3c21. The molecule has 0 saturated heterocycles. The van der Waals surface area contributed by atoms with Gasteiger partial charge in [0.25, 0.3) is 0 Å². The number of rotatable bonds is 3. The molecule has 0 N–H and O–H groups in total. The van der Waals surface area contributed by atoms with Gasteiger partial charge in [-0.25, -0.2) is 0 Å². The summed E-state index contributed by atoms with van der Waals surface area (Å²) < 4.78 is 18.5. The van der Waals surface area contributed by atoms with Crippen molar-refractivity contribution in [2.45, 2.75) is 0 Å². The molecule has 3 nitrogen and oxygen atoms in total. The van der Waals surface area contributed by atoms with Crippen molar-refractivity contribution in [2.75, 3.05) is 4.90 Å². The van der Waals surface area contributed by atoms with Gasteiger partial charge in [-0.2, -0.15) is 0 Å². The molecule has 4 heterocycles. The lowest BCUT2D eigenvalue weighted by Gasteiger charge is -2.26. The molecule has 0 bridgehead atoms. The summed E-state index contributed by atoms with van der Waals surface area (Å²) in [6.07, 6.45) is 0. The van der Waals surface area contributed by atoms with Gasteiger partial charge in [-0.1, -0.05) is 84.9 Å². The zero-order valence-electron chi connectivity index (χ0n) is 24.9. The summed E-state index contributed by atoms with van der Waals surface area (Å²) >= 11 is 3.68. The Morgan fingerprint density at radius 2 is 0.872 bits per heavy atom. The first kappa shape index (κ1) is 25.6. The van der Waals surface area contributed by atoms with E-state index in [-0.39, 0.29) is 0 Å². The standard InChI is InChI=1S/C42H23NO2S2/c1-5-13-34-26(9-1)32-23-33(42-40(41(32)44-34)31-12-2-6-14-35(31)45-42)43(24-17-19-29-27-10-3-7-15-36(27)46-38(29)21-24)25-18-20-30-28-11-4-8-16-37(28)47-39(30)22-25/h1-23H. The maximum Gasteiger partial charge on any atom is 0.163 e. The molecule has 0 aliphatic carbocycles. The van der Waals surface area contributed by atoms with Crippen LogP contribution in [-0.2, 0) is 0 Å². The predicted molar refractivity (Wildman–Crippen MR) is 201 cm³/mol. The van der Waals surface area contributed by atoms with Gasteiger partial charge in [0, 0.05) is 67.9 Å². The van der Waals surface area contributed by atoms with E-state index in [2.05, 4.69) is 120 Å². The number of para-hydroxylation sites is 2. The average Bonchev–Trinajstić information content (AvgIpc) is 3.87. The lowest BCUT2D eigenvalue weighted by atomic mass is 10.0. The molecule has 47 heavy (non-hydrogen) atoms. The van der Waals surface area contributed by atoms with Gasteiger partial charge in [0.2, 0.25) is 0 Å². The Morgan fingerprint density at radius 3 is 1.51 bits per heavy atom. The molecule has 4 aromatic heterocycles. The van der Waals surface area contributed by atoms with Crippen molar-refractivity contribution < 1.29 is 8.83 Å². The Morgan fingerprint density at radius 1 is 0.383 bits per heavy atom. The highest BCUT2D eigenvalue weighted by Gasteiger charge is 2.25. The van der Waals surface area contributed by atoms with Crippen molar-refractivity contribution in [3.05, 3.63) is 140 Å². The van der Waals surface area contributed by atoms with Crippen LogP contribution in [0.5, 0.6) is 0 Å². The molecule has 220 valence electrons. The monoisotopic (exact) mass is 637 g/mol. The van der Waals surface area contributed by atoms with E-state index in [0.29, 0.717) is 0 Å². The first-order valence-electron chi connectivity index (χ1n) is 15.7. The Balaban J connectivity index is 1.27. The predicted octanol–water partition coefficient (Wildman–Crippen LogP) is 13.7. The van der Waals surface area contributed by atoms with Crippen molar-refractivity contribution in [3.63, 3.8) is 0 Å². The molecule has 11 aromatic rings. The van der Waals surface area contributed by atoms with Gasteiger partial charge in [0.05, 0.1) is 11.1 Å². The van der Waals surface area contributed by atoms with Gasteiger partial charge in [0.15, 0.2) is 5.58 Å². The first-order chi connectivity index (χ1) is 23.3. The number of fused-ring (bicyclic) bond motifs is 13. The fourth-order valence-corrected chi connectivity index (χ4v) is 9.63. The summed E-state index contributed by atoms with van der Waals surface area (Å²) in [5.41, 5.74) is 6.53. The van der Waals surface area contributed by atoms with Crippen LogP contribution < -0.4 is 4.90 Å². The maximum atomic E-state index is 6.79. The second-order valence-electron chi connectivity index (χ2n) is 12.1. The fraction of sp³-hybridized carbons (Fsp3) is 0. The highest BCUT2D eigenvalue weighted by atomic mass is 32.1. The largest absolute Gasteiger partial charge is 0.455 e. The Hall–Kier alpha value is -5.62. The number of hydrogen-bond acceptors (Lipinski definition) is 5. The van der Waals surface area contributed by atoms with E-state index in [1.165, 1.54) is 40.3 Å². The molecule has 0 radical (unpaired) electrons. The smallest absolute Gasteiger partial charge is 0.163 e. The molecular weight excluding hydrogens is 615 g/mol. The molecular formula is C42H23NO2S2. The lowest BCUT2D eigenvalue weighted by Crippen LogP contribution is -2.10. The molecule has 0 amide bonds. The van der Waals surface area contributed by atoms with Crippen LogP contribution in [0, 0.1) is 0 Å². The van der Waals surface area contributed by atoms with Crippen LogP contribution in [0.25, 0.3) is 84.2 Å². The lowest BCUT2D eigenvalue weighted by molar-refractivity contribution is 0.663. The van der Waals surface area contributed by atoms with E-state index in [0.717, 1.165) is 60.9 Å². The molecule has 0 spiro atoms. The summed E-state index contributed by atoms with van der Waals surface area (Å²) in [7, 11) is 0. The van der Waals surface area contributed by atoms with Crippen LogP contribution in [0.4, 0.5) is 17.1 Å². The van der Waals surface area contributed by atoms with Crippen molar-refractivity contribution >= 4 is 124 Å². The van der Waals surface area contributed by atoms with Gasteiger partial charge in [-0.05, 0) is 54.6 Å². The maximum absolute atomic E-state index is 6.79. The highest BCUT2D eigenvalue weighted by molar-refractivity contribution is 7.26. The van der Waals surface area contributed by atoms with E-state index < -0.39 is 0 Å². The minimum Gasteiger partial charge on any atom is -0.455 e. The molecule has 0 aliphatic heterocycles. The van der Waals surface area contributed by atoms with E-state index in [1.54, 1.807) is 0 Å². The summed E-state index contributed by atoms with van der Waals surface area (Å²) in [4.78, 5) is 2.37. The Bertz CT molecular complexity index is 2930. The fourth-order valence-electron chi connectivity index (χ4n) is 7.35. The van der Waals surface area contributed by atoms with Crippen LogP contribution in [0.3, 0.4) is 0 Å². The Labute approximate surface area is 276 Å². The van der Waals surface area contributed by atoms with Gasteiger partial charge in [0.1, 0.15) is 16.7 Å². The third-order valence-corrected chi connectivity index (χ3v) is 11.7. The zero-order valence-corrected chi connectivity index (χ0v) is 26.5. The van der Waals surface area contributed by atoms with Crippen LogP contribution in [0.2, 0.25) is 0 Å². The van der Waals surface area contributed by atoms with Gasteiger partial charge >= 0.3 is 0 Å². The van der Waals surface area contributed by atoms with Crippen LogP contribution in [0.15, 0.2) is 148 Å². The van der Waals surface area contributed by atoms with Crippen molar-refractivity contribution in [3.8, 4) is 0 Å². The number of furan rings is 2. The zero-order chi connectivity index (χ0) is 30.6. The van der Waals surface area contributed by atoms with Crippen molar-refractivity contribution in [1.29, 1.82) is 0 Å².